The number of aromatic nitrogens is 1. The highest BCUT2D eigenvalue weighted by Gasteiger charge is 2.06. The summed E-state index contributed by atoms with van der Waals surface area (Å²) in [6.07, 6.45) is 3.67. The van der Waals surface area contributed by atoms with Crippen molar-refractivity contribution in [2.45, 2.75) is 32.7 Å². The van der Waals surface area contributed by atoms with Crippen molar-refractivity contribution in [1.29, 1.82) is 0 Å². The summed E-state index contributed by atoms with van der Waals surface area (Å²) in [5.41, 5.74) is 0.600. The molecule has 0 aliphatic heterocycles. The molecule has 5 heteroatoms. The third kappa shape index (κ3) is 5.57. The molecule has 0 aliphatic rings. The summed E-state index contributed by atoms with van der Waals surface area (Å²) in [5.74, 6) is 0.704. The second-order valence-electron chi connectivity index (χ2n) is 5.22. The van der Waals surface area contributed by atoms with Gasteiger partial charge in [-0.2, -0.15) is 0 Å². The van der Waals surface area contributed by atoms with Gasteiger partial charge in [0, 0.05) is 25.8 Å². The molecule has 1 aromatic rings. The molecular weight excluding hydrogens is 252 g/mol. The van der Waals surface area contributed by atoms with Crippen molar-refractivity contribution in [1.82, 2.24) is 15.2 Å². The number of nitrogens with one attached hydrogen (secondary N) is 2. The predicted molar refractivity (Wildman–Crippen MR) is 83.1 cm³/mol. The Balaban J connectivity index is 2.22. The minimum absolute atomic E-state index is 0.0580. The molecule has 2 N–H and O–H groups in total. The molecule has 0 aromatic carbocycles. The third-order valence-corrected chi connectivity index (χ3v) is 3.39. The van der Waals surface area contributed by atoms with E-state index in [4.69, 9.17) is 0 Å². The van der Waals surface area contributed by atoms with E-state index in [0.717, 1.165) is 25.2 Å². The molecule has 0 spiro atoms. The molecule has 1 heterocycles. The molecule has 0 aliphatic carbocycles. The molecule has 112 valence electrons. The zero-order chi connectivity index (χ0) is 15.0. The van der Waals surface area contributed by atoms with Gasteiger partial charge in [0.1, 0.15) is 5.82 Å². The van der Waals surface area contributed by atoms with Crippen LogP contribution in [0, 0.1) is 0 Å². The number of anilines is 1. The summed E-state index contributed by atoms with van der Waals surface area (Å²) in [6.45, 7) is 6.14. The second kappa shape index (κ2) is 8.53. The zero-order valence-electron chi connectivity index (χ0n) is 12.9. The lowest BCUT2D eigenvalue weighted by Crippen LogP contribution is -2.29. The van der Waals surface area contributed by atoms with E-state index in [2.05, 4.69) is 41.4 Å². The molecule has 1 rings (SSSR count). The Morgan fingerprint density at radius 2 is 2.10 bits per heavy atom. The molecule has 0 saturated carbocycles. The predicted octanol–water partition coefficient (Wildman–Crippen LogP) is 1.97. The number of hydrogen-bond donors (Lipinski definition) is 2. The molecule has 1 aromatic heterocycles. The van der Waals surface area contributed by atoms with Gasteiger partial charge in [0.25, 0.3) is 5.91 Å². The Kier molecular flexibility index (Phi) is 7.01. The van der Waals surface area contributed by atoms with Gasteiger partial charge in [-0.1, -0.05) is 0 Å². The fourth-order valence-electron chi connectivity index (χ4n) is 1.72. The van der Waals surface area contributed by atoms with Gasteiger partial charge in [0.2, 0.25) is 0 Å². The monoisotopic (exact) mass is 278 g/mol. The Morgan fingerprint density at radius 3 is 2.65 bits per heavy atom. The number of amides is 1. The van der Waals surface area contributed by atoms with Crippen molar-refractivity contribution in [3.8, 4) is 0 Å². The molecule has 0 fully saturated rings. The van der Waals surface area contributed by atoms with Gasteiger partial charge in [-0.25, -0.2) is 4.98 Å². The lowest BCUT2D eigenvalue weighted by Gasteiger charge is -2.20. The van der Waals surface area contributed by atoms with E-state index < -0.39 is 0 Å². The van der Waals surface area contributed by atoms with Crippen LogP contribution in [-0.4, -0.2) is 49.0 Å². The first-order chi connectivity index (χ1) is 9.54. The molecule has 1 amide bonds. The normalized spacial score (nSPS) is 10.9. The Labute approximate surface area is 121 Å². The summed E-state index contributed by atoms with van der Waals surface area (Å²) in [5, 5.41) is 5.85. The minimum Gasteiger partial charge on any atom is -0.373 e. The highest BCUT2D eigenvalue weighted by Crippen LogP contribution is 2.04. The Hall–Kier alpha value is -1.62. The van der Waals surface area contributed by atoms with E-state index in [1.165, 1.54) is 0 Å². The number of rotatable bonds is 8. The van der Waals surface area contributed by atoms with E-state index >= 15 is 0 Å². The van der Waals surface area contributed by atoms with Gasteiger partial charge < -0.3 is 15.5 Å². The maximum atomic E-state index is 11.9. The first-order valence-corrected chi connectivity index (χ1v) is 7.17. The van der Waals surface area contributed by atoms with Crippen LogP contribution < -0.4 is 10.6 Å². The van der Waals surface area contributed by atoms with Crippen molar-refractivity contribution in [2.75, 3.05) is 32.5 Å². The SMILES string of the molecule is CNc1ccc(C(=O)NCCCCN(C)C(C)C)cn1. The van der Waals surface area contributed by atoms with Gasteiger partial charge >= 0.3 is 0 Å². The fourth-order valence-corrected chi connectivity index (χ4v) is 1.72. The molecule has 20 heavy (non-hydrogen) atoms. The van der Waals surface area contributed by atoms with Crippen LogP contribution >= 0.6 is 0 Å². The Bertz CT molecular complexity index is 403. The fraction of sp³-hybridized carbons (Fsp3) is 0.600. The highest BCUT2D eigenvalue weighted by molar-refractivity contribution is 5.93. The maximum Gasteiger partial charge on any atom is 0.252 e. The van der Waals surface area contributed by atoms with Gasteiger partial charge in [0.05, 0.1) is 5.56 Å². The quantitative estimate of drug-likeness (QED) is 0.714. The smallest absolute Gasteiger partial charge is 0.252 e. The topological polar surface area (TPSA) is 57.3 Å². The Morgan fingerprint density at radius 1 is 1.35 bits per heavy atom. The van der Waals surface area contributed by atoms with Crippen molar-refractivity contribution >= 4 is 11.7 Å². The number of pyridine rings is 1. The van der Waals surface area contributed by atoms with Crippen LogP contribution in [0.3, 0.4) is 0 Å². The first kappa shape index (κ1) is 16.4. The van der Waals surface area contributed by atoms with Gasteiger partial charge in [-0.15, -0.1) is 0 Å². The van der Waals surface area contributed by atoms with E-state index in [9.17, 15) is 4.79 Å². The molecule has 5 nitrogen and oxygen atoms in total. The summed E-state index contributed by atoms with van der Waals surface area (Å²) >= 11 is 0. The number of carbonyl (C=O) groups is 1. The van der Waals surface area contributed by atoms with Gasteiger partial charge in [-0.05, 0) is 52.4 Å². The van der Waals surface area contributed by atoms with Crippen LogP contribution in [0.5, 0.6) is 0 Å². The lowest BCUT2D eigenvalue weighted by molar-refractivity contribution is 0.0952. The van der Waals surface area contributed by atoms with E-state index in [1.807, 2.05) is 0 Å². The standard InChI is InChI=1S/C15H26N4O/c1-12(2)19(4)10-6-5-9-17-15(20)13-7-8-14(16-3)18-11-13/h7-8,11-12H,5-6,9-10H2,1-4H3,(H,16,18)(H,17,20). The number of unbranched alkanes of at least 4 members (excludes halogenated alkanes) is 1. The van der Waals surface area contributed by atoms with E-state index in [-0.39, 0.29) is 5.91 Å². The molecular formula is C15H26N4O. The largest absolute Gasteiger partial charge is 0.373 e. The van der Waals surface area contributed by atoms with Crippen LogP contribution in [0.15, 0.2) is 18.3 Å². The number of hydrogen-bond acceptors (Lipinski definition) is 4. The van der Waals surface area contributed by atoms with Crippen LogP contribution in [-0.2, 0) is 0 Å². The van der Waals surface area contributed by atoms with Crippen LogP contribution in [0.4, 0.5) is 5.82 Å². The zero-order valence-corrected chi connectivity index (χ0v) is 12.9. The summed E-state index contributed by atoms with van der Waals surface area (Å²) in [4.78, 5) is 18.3. The van der Waals surface area contributed by atoms with Crippen molar-refractivity contribution < 1.29 is 4.79 Å². The summed E-state index contributed by atoms with van der Waals surface area (Å²) in [7, 11) is 3.93. The van der Waals surface area contributed by atoms with Gasteiger partial charge in [-0.3, -0.25) is 4.79 Å². The first-order valence-electron chi connectivity index (χ1n) is 7.17. The second-order valence-corrected chi connectivity index (χ2v) is 5.22. The van der Waals surface area contributed by atoms with E-state index in [1.54, 1.807) is 25.4 Å². The van der Waals surface area contributed by atoms with Crippen molar-refractivity contribution in [2.24, 2.45) is 0 Å². The summed E-state index contributed by atoms with van der Waals surface area (Å²) < 4.78 is 0. The molecule has 0 unspecified atom stereocenters. The van der Waals surface area contributed by atoms with E-state index in [0.29, 0.717) is 18.2 Å². The van der Waals surface area contributed by atoms with Crippen LogP contribution in [0.25, 0.3) is 0 Å². The minimum atomic E-state index is -0.0580. The third-order valence-electron chi connectivity index (χ3n) is 3.39. The lowest BCUT2D eigenvalue weighted by atomic mass is 10.2. The van der Waals surface area contributed by atoms with Crippen molar-refractivity contribution in [3.63, 3.8) is 0 Å². The number of nitrogens with zero attached hydrogens (tertiary/aromatic N) is 2. The van der Waals surface area contributed by atoms with Gasteiger partial charge in [0.15, 0.2) is 0 Å². The molecule has 0 radical (unpaired) electrons. The average molecular weight is 278 g/mol. The summed E-state index contributed by atoms with van der Waals surface area (Å²) in [6, 6.07) is 4.15. The van der Waals surface area contributed by atoms with Crippen LogP contribution in [0.2, 0.25) is 0 Å². The van der Waals surface area contributed by atoms with Crippen LogP contribution in [0.1, 0.15) is 37.0 Å². The van der Waals surface area contributed by atoms with Crippen molar-refractivity contribution in [3.05, 3.63) is 23.9 Å². The highest BCUT2D eigenvalue weighted by atomic mass is 16.1. The molecule has 0 saturated heterocycles. The average Bonchev–Trinajstić information content (AvgIpc) is 2.46. The molecule has 0 bridgehead atoms. The molecule has 0 atom stereocenters. The maximum absolute atomic E-state index is 11.9. The number of carbonyl (C=O) groups excluding carboxylic acids is 1.